The maximum Gasteiger partial charge on any atom is 0.472 e. The number of hydrogen-bond donors (Lipinski definition) is 3. The Labute approximate surface area is 530 Å². The minimum Gasteiger partial charge on any atom is -0.462 e. The molecule has 4 unspecified atom stereocenters. The Hall–Kier alpha value is -1.94. The molecule has 0 amide bonds. The van der Waals surface area contributed by atoms with Crippen LogP contribution in [0.5, 0.6) is 0 Å². The summed E-state index contributed by atoms with van der Waals surface area (Å²) in [6.07, 6.45) is 39.0. The van der Waals surface area contributed by atoms with Crippen LogP contribution in [0.15, 0.2) is 0 Å². The summed E-state index contributed by atoms with van der Waals surface area (Å²) < 4.78 is 68.2. The lowest BCUT2D eigenvalue weighted by Crippen LogP contribution is -2.30. The topological polar surface area (TPSA) is 237 Å². The molecule has 3 N–H and O–H groups in total. The molecule has 17 nitrogen and oxygen atoms in total. The Bertz CT molecular complexity index is 1730. The van der Waals surface area contributed by atoms with Crippen LogP contribution in [-0.4, -0.2) is 96.7 Å². The van der Waals surface area contributed by atoms with Crippen molar-refractivity contribution in [2.24, 2.45) is 23.7 Å². The van der Waals surface area contributed by atoms with Crippen molar-refractivity contribution < 1.29 is 80.2 Å². The Morgan fingerprint density at radius 1 is 0.322 bits per heavy atom. The van der Waals surface area contributed by atoms with Crippen molar-refractivity contribution in [3.8, 4) is 0 Å². The maximum absolute atomic E-state index is 13.0. The number of esters is 4. The third-order valence-corrected chi connectivity index (χ3v) is 17.8. The molecule has 0 aliphatic heterocycles. The first-order valence-corrected chi connectivity index (χ1v) is 38.2. The third-order valence-electron chi connectivity index (χ3n) is 15.9. The van der Waals surface area contributed by atoms with Gasteiger partial charge in [0.2, 0.25) is 0 Å². The molecular formula is C68H132O17P2. The largest absolute Gasteiger partial charge is 0.472 e. The normalized spacial score (nSPS) is 14.6. The molecule has 0 saturated heterocycles. The van der Waals surface area contributed by atoms with Crippen molar-refractivity contribution in [3.63, 3.8) is 0 Å². The number of ether oxygens (including phenoxy) is 4. The van der Waals surface area contributed by atoms with Gasteiger partial charge in [-0.25, -0.2) is 9.13 Å². The number of carbonyl (C=O) groups is 4. The second-order valence-corrected chi connectivity index (χ2v) is 29.1. The molecule has 516 valence electrons. The molecule has 0 radical (unpaired) electrons. The standard InChI is InChI=1S/C68H132O17P2/c1-9-61(8)47-39-31-23-14-10-11-15-25-34-42-50-67(72)84-64(55-79-66(71)49-41-33-27-19-22-30-38-46-60(6)7)57-83-87(76,77)81-53-62(69)52-80-86(74,75)82-56-63(85-68(73)51-43-35-26-18-17-21-29-37-45-59(4)5)54-78-65(70)48-40-32-24-16-12-13-20-28-36-44-58(2)3/h58-64,69H,9-57H2,1-8H3,(H,74,75)(H,76,77)/t61?,62?,63-,64-/m1/s1. The molecule has 0 aliphatic rings. The number of phosphoric ester groups is 2. The molecule has 0 aromatic carbocycles. The monoisotopic (exact) mass is 1280 g/mol. The number of carbonyl (C=O) groups excluding carboxylic acids is 4. The van der Waals surface area contributed by atoms with E-state index in [1.54, 1.807) is 0 Å². The highest BCUT2D eigenvalue weighted by Gasteiger charge is 2.30. The van der Waals surface area contributed by atoms with Gasteiger partial charge in [0.05, 0.1) is 26.4 Å². The Kier molecular flexibility index (Phi) is 56.6. The molecule has 0 aromatic heterocycles. The van der Waals surface area contributed by atoms with Crippen LogP contribution in [0.2, 0.25) is 0 Å². The number of phosphoric acid groups is 2. The fourth-order valence-corrected chi connectivity index (χ4v) is 11.7. The maximum atomic E-state index is 13.0. The van der Waals surface area contributed by atoms with Crippen molar-refractivity contribution in [2.75, 3.05) is 39.6 Å². The van der Waals surface area contributed by atoms with Gasteiger partial charge in [0, 0.05) is 25.7 Å². The van der Waals surface area contributed by atoms with Crippen molar-refractivity contribution in [2.45, 2.75) is 350 Å². The number of hydrogen-bond acceptors (Lipinski definition) is 15. The van der Waals surface area contributed by atoms with Gasteiger partial charge in [-0.05, 0) is 49.4 Å². The molecular weight excluding hydrogens is 1150 g/mol. The van der Waals surface area contributed by atoms with Gasteiger partial charge in [-0.2, -0.15) is 0 Å². The first-order valence-electron chi connectivity index (χ1n) is 35.2. The van der Waals surface area contributed by atoms with Crippen LogP contribution in [0, 0.1) is 23.7 Å². The summed E-state index contributed by atoms with van der Waals surface area (Å²) in [5, 5.41) is 10.6. The average Bonchev–Trinajstić information content (AvgIpc) is 3.52. The third kappa shape index (κ3) is 61.3. The van der Waals surface area contributed by atoms with E-state index in [-0.39, 0.29) is 25.7 Å². The minimum absolute atomic E-state index is 0.103. The van der Waals surface area contributed by atoms with Crippen molar-refractivity contribution >= 4 is 39.5 Å². The fourth-order valence-electron chi connectivity index (χ4n) is 10.1. The summed E-state index contributed by atoms with van der Waals surface area (Å²) in [4.78, 5) is 72.4. The van der Waals surface area contributed by atoms with Crippen molar-refractivity contribution in [3.05, 3.63) is 0 Å². The SMILES string of the molecule is CCC(C)CCCCCCCCCCCCC(=O)O[C@H](COC(=O)CCCCCCCCCC(C)C)COP(=O)(O)OCC(O)COP(=O)(O)OC[C@@H](COC(=O)CCCCCCCCCCCC(C)C)OC(=O)CCCCCCCCCCC(C)C. The van der Waals surface area contributed by atoms with Gasteiger partial charge in [-0.1, -0.05) is 280 Å². The molecule has 0 rings (SSSR count). The highest BCUT2D eigenvalue weighted by molar-refractivity contribution is 7.47. The van der Waals surface area contributed by atoms with Gasteiger partial charge in [0.25, 0.3) is 0 Å². The van der Waals surface area contributed by atoms with Crippen LogP contribution in [-0.2, 0) is 65.4 Å². The van der Waals surface area contributed by atoms with Crippen molar-refractivity contribution in [1.82, 2.24) is 0 Å². The predicted molar refractivity (Wildman–Crippen MR) is 349 cm³/mol. The molecule has 0 saturated carbocycles. The Morgan fingerprint density at radius 2 is 0.552 bits per heavy atom. The van der Waals surface area contributed by atoms with Crippen LogP contribution in [0.1, 0.15) is 331 Å². The lowest BCUT2D eigenvalue weighted by atomic mass is 9.99. The van der Waals surface area contributed by atoms with E-state index in [2.05, 4.69) is 55.4 Å². The predicted octanol–water partition coefficient (Wildman–Crippen LogP) is 18.9. The molecule has 0 heterocycles. The van der Waals surface area contributed by atoms with E-state index in [1.807, 2.05) is 0 Å². The fraction of sp³-hybridized carbons (Fsp3) is 0.941. The van der Waals surface area contributed by atoms with Crippen LogP contribution in [0.4, 0.5) is 0 Å². The Balaban J connectivity index is 5.26. The van der Waals surface area contributed by atoms with Gasteiger partial charge in [-0.3, -0.25) is 37.3 Å². The number of rotatable bonds is 65. The first-order chi connectivity index (χ1) is 41.6. The molecule has 0 aliphatic carbocycles. The van der Waals surface area contributed by atoms with E-state index >= 15 is 0 Å². The summed E-state index contributed by atoms with van der Waals surface area (Å²) in [7, 11) is -9.90. The zero-order valence-corrected chi connectivity index (χ0v) is 58.4. The molecule has 0 fully saturated rings. The molecule has 19 heteroatoms. The molecule has 0 bridgehead atoms. The highest BCUT2D eigenvalue weighted by Crippen LogP contribution is 2.45. The summed E-state index contributed by atoms with van der Waals surface area (Å²) in [6.45, 7) is 14.0. The second kappa shape index (κ2) is 57.9. The average molecular weight is 1280 g/mol. The van der Waals surface area contributed by atoms with Crippen LogP contribution < -0.4 is 0 Å². The number of aliphatic hydroxyl groups excluding tert-OH is 1. The molecule has 0 spiro atoms. The quantitative estimate of drug-likeness (QED) is 0.0222. The minimum atomic E-state index is -4.95. The van der Waals surface area contributed by atoms with Gasteiger partial charge in [0.1, 0.15) is 19.3 Å². The van der Waals surface area contributed by atoms with E-state index in [9.17, 15) is 43.2 Å². The lowest BCUT2D eigenvalue weighted by Gasteiger charge is -2.21. The van der Waals surface area contributed by atoms with Crippen LogP contribution in [0.3, 0.4) is 0 Å². The van der Waals surface area contributed by atoms with E-state index in [0.29, 0.717) is 31.6 Å². The summed E-state index contributed by atoms with van der Waals surface area (Å²) in [6, 6.07) is 0. The number of unbranched alkanes of at least 4 members (excludes halogenated alkanes) is 30. The summed E-state index contributed by atoms with van der Waals surface area (Å²) in [5.74, 6) is 0.836. The van der Waals surface area contributed by atoms with E-state index < -0.39 is 97.5 Å². The van der Waals surface area contributed by atoms with Gasteiger partial charge in [-0.15, -0.1) is 0 Å². The molecule has 6 atom stereocenters. The smallest absolute Gasteiger partial charge is 0.462 e. The van der Waals surface area contributed by atoms with Gasteiger partial charge >= 0.3 is 39.5 Å². The van der Waals surface area contributed by atoms with E-state index in [4.69, 9.17) is 37.0 Å². The lowest BCUT2D eigenvalue weighted by molar-refractivity contribution is -0.161. The van der Waals surface area contributed by atoms with Crippen LogP contribution >= 0.6 is 15.6 Å². The number of aliphatic hydroxyl groups is 1. The zero-order chi connectivity index (χ0) is 64.7. The van der Waals surface area contributed by atoms with E-state index in [1.165, 1.54) is 128 Å². The van der Waals surface area contributed by atoms with Crippen molar-refractivity contribution in [1.29, 1.82) is 0 Å². The summed E-state index contributed by atoms with van der Waals surface area (Å²) in [5.41, 5.74) is 0. The molecule has 0 aromatic rings. The van der Waals surface area contributed by atoms with Gasteiger partial charge < -0.3 is 33.8 Å². The van der Waals surface area contributed by atoms with Crippen LogP contribution in [0.25, 0.3) is 0 Å². The Morgan fingerprint density at radius 3 is 0.816 bits per heavy atom. The highest BCUT2D eigenvalue weighted by atomic mass is 31.2. The second-order valence-electron chi connectivity index (χ2n) is 26.2. The van der Waals surface area contributed by atoms with Gasteiger partial charge in [0.15, 0.2) is 12.2 Å². The first kappa shape index (κ1) is 85.1. The molecule has 87 heavy (non-hydrogen) atoms. The summed E-state index contributed by atoms with van der Waals surface area (Å²) >= 11 is 0. The zero-order valence-electron chi connectivity index (χ0n) is 56.6. The van der Waals surface area contributed by atoms with E-state index in [0.717, 1.165) is 114 Å².